The van der Waals surface area contributed by atoms with Gasteiger partial charge in [0.1, 0.15) is 5.69 Å². The number of carbonyl (C=O) groups is 3. The van der Waals surface area contributed by atoms with E-state index in [1.807, 2.05) is 37.3 Å². The Labute approximate surface area is 158 Å². The highest BCUT2D eigenvalue weighted by molar-refractivity contribution is 6.03. The molecule has 6 heteroatoms. The van der Waals surface area contributed by atoms with Gasteiger partial charge in [0, 0.05) is 11.3 Å². The number of H-pyrrole nitrogens is 1. The maximum atomic E-state index is 12.5. The van der Waals surface area contributed by atoms with Gasteiger partial charge in [-0.05, 0) is 37.8 Å². The molecule has 2 aromatic rings. The van der Waals surface area contributed by atoms with Crippen molar-refractivity contribution in [1.29, 1.82) is 0 Å². The topological polar surface area (TPSA) is 85.5 Å². The van der Waals surface area contributed by atoms with Crippen molar-refractivity contribution in [1.82, 2.24) is 4.98 Å². The van der Waals surface area contributed by atoms with E-state index >= 15 is 0 Å². The number of hydrogen-bond acceptors (Lipinski definition) is 5. The predicted molar refractivity (Wildman–Crippen MR) is 101 cm³/mol. The number of benzene rings is 1. The largest absolute Gasteiger partial charge is 0.461 e. The van der Waals surface area contributed by atoms with Gasteiger partial charge < -0.3 is 14.5 Å². The minimum Gasteiger partial charge on any atom is -0.461 e. The number of carbonyl (C=O) groups excluding carboxylic acids is 3. The lowest BCUT2D eigenvalue weighted by atomic mass is 9.98. The molecular weight excluding hydrogens is 346 g/mol. The molecule has 0 bridgehead atoms. The first kappa shape index (κ1) is 20.4. The highest BCUT2D eigenvalue weighted by atomic mass is 16.5. The Kier molecular flexibility index (Phi) is 6.93. The van der Waals surface area contributed by atoms with Crippen LogP contribution in [-0.2, 0) is 14.3 Å². The summed E-state index contributed by atoms with van der Waals surface area (Å²) in [5, 5.41) is 0. The lowest BCUT2D eigenvalue weighted by Crippen LogP contribution is -2.16. The second kappa shape index (κ2) is 9.16. The van der Waals surface area contributed by atoms with E-state index in [1.165, 1.54) is 0 Å². The number of hydrogen-bond donors (Lipinski definition) is 1. The van der Waals surface area contributed by atoms with E-state index < -0.39 is 11.9 Å². The van der Waals surface area contributed by atoms with Crippen molar-refractivity contribution in [2.45, 2.75) is 40.0 Å². The van der Waals surface area contributed by atoms with Crippen LogP contribution in [0, 0.1) is 13.8 Å². The summed E-state index contributed by atoms with van der Waals surface area (Å²) in [4.78, 5) is 39.4. The first-order chi connectivity index (χ1) is 12.8. The van der Waals surface area contributed by atoms with Gasteiger partial charge in [-0.25, -0.2) is 4.79 Å². The molecule has 27 heavy (non-hydrogen) atoms. The van der Waals surface area contributed by atoms with Crippen LogP contribution in [-0.4, -0.2) is 35.9 Å². The van der Waals surface area contributed by atoms with Crippen LogP contribution in [0.4, 0.5) is 0 Å². The third kappa shape index (κ3) is 5.06. The van der Waals surface area contributed by atoms with E-state index in [2.05, 4.69) is 4.98 Å². The Morgan fingerprint density at radius 3 is 2.37 bits per heavy atom. The van der Waals surface area contributed by atoms with Crippen LogP contribution in [0.3, 0.4) is 0 Å². The smallest absolute Gasteiger partial charge is 0.355 e. The number of rotatable bonds is 8. The van der Waals surface area contributed by atoms with Gasteiger partial charge in [-0.15, -0.1) is 0 Å². The molecule has 0 amide bonds. The lowest BCUT2D eigenvalue weighted by Gasteiger charge is -2.11. The Morgan fingerprint density at radius 2 is 1.74 bits per heavy atom. The molecule has 0 radical (unpaired) electrons. The van der Waals surface area contributed by atoms with Crippen molar-refractivity contribution >= 4 is 17.7 Å². The highest BCUT2D eigenvalue weighted by Gasteiger charge is 2.23. The number of aryl methyl sites for hydroxylation is 1. The molecule has 0 fully saturated rings. The van der Waals surface area contributed by atoms with Gasteiger partial charge in [-0.2, -0.15) is 0 Å². The Bertz CT molecular complexity index is 823. The Balaban J connectivity index is 1.97. The van der Waals surface area contributed by atoms with E-state index in [0.717, 1.165) is 5.56 Å². The van der Waals surface area contributed by atoms with Gasteiger partial charge in [0.15, 0.2) is 6.61 Å². The predicted octanol–water partition coefficient (Wildman–Crippen LogP) is 3.73. The summed E-state index contributed by atoms with van der Waals surface area (Å²) in [5.74, 6) is -1.29. The maximum absolute atomic E-state index is 12.5. The molecule has 1 aromatic carbocycles. The molecule has 144 valence electrons. The van der Waals surface area contributed by atoms with Crippen LogP contribution in [0.15, 0.2) is 30.3 Å². The average Bonchev–Trinajstić information content (AvgIpc) is 2.95. The van der Waals surface area contributed by atoms with Crippen molar-refractivity contribution in [3.63, 3.8) is 0 Å². The molecular formula is C21H25NO5. The highest BCUT2D eigenvalue weighted by Crippen LogP contribution is 2.21. The first-order valence-electron chi connectivity index (χ1n) is 8.95. The van der Waals surface area contributed by atoms with Crippen molar-refractivity contribution in [2.24, 2.45) is 0 Å². The molecule has 1 heterocycles. The van der Waals surface area contributed by atoms with Crippen LogP contribution >= 0.6 is 0 Å². The minimum absolute atomic E-state index is 0.0000467. The second-order valence-electron chi connectivity index (χ2n) is 6.45. The molecule has 0 aliphatic carbocycles. The summed E-state index contributed by atoms with van der Waals surface area (Å²) < 4.78 is 10.1. The Hall–Kier alpha value is -2.89. The normalized spacial score (nSPS) is 11.7. The average molecular weight is 371 g/mol. The standard InChI is InChI=1S/C21H25NO5/c1-5-26-21(25)20-14(3)19(15(4)22-20)17(23)12-27-18(24)11-13(2)16-9-7-6-8-10-16/h6-10,13,22H,5,11-12H2,1-4H3. The van der Waals surface area contributed by atoms with Crippen LogP contribution in [0.1, 0.15) is 63.9 Å². The van der Waals surface area contributed by atoms with Gasteiger partial charge in [0.2, 0.25) is 5.78 Å². The van der Waals surface area contributed by atoms with Gasteiger partial charge in [-0.3, -0.25) is 9.59 Å². The van der Waals surface area contributed by atoms with Gasteiger partial charge in [0.05, 0.1) is 13.0 Å². The zero-order valence-electron chi connectivity index (χ0n) is 16.1. The maximum Gasteiger partial charge on any atom is 0.355 e. The molecule has 0 aliphatic heterocycles. The summed E-state index contributed by atoms with van der Waals surface area (Å²) in [6.07, 6.45) is 0.191. The van der Waals surface area contributed by atoms with Crippen LogP contribution < -0.4 is 0 Å². The van der Waals surface area contributed by atoms with Crippen molar-refractivity contribution in [2.75, 3.05) is 13.2 Å². The molecule has 1 unspecified atom stereocenters. The van der Waals surface area contributed by atoms with E-state index in [-0.39, 0.29) is 37.0 Å². The summed E-state index contributed by atoms with van der Waals surface area (Å²) in [5.41, 5.74) is 2.71. The second-order valence-corrected chi connectivity index (χ2v) is 6.45. The van der Waals surface area contributed by atoms with Gasteiger partial charge in [-0.1, -0.05) is 37.3 Å². The van der Waals surface area contributed by atoms with Crippen LogP contribution in [0.5, 0.6) is 0 Å². The summed E-state index contributed by atoms with van der Waals surface area (Å²) >= 11 is 0. The van der Waals surface area contributed by atoms with E-state index in [1.54, 1.807) is 20.8 Å². The van der Waals surface area contributed by atoms with Crippen molar-refractivity contribution in [3.05, 3.63) is 58.4 Å². The Morgan fingerprint density at radius 1 is 1.07 bits per heavy atom. The van der Waals surface area contributed by atoms with Gasteiger partial charge >= 0.3 is 11.9 Å². The monoisotopic (exact) mass is 371 g/mol. The number of ether oxygens (including phenoxy) is 2. The third-order valence-electron chi connectivity index (χ3n) is 4.40. The quantitative estimate of drug-likeness (QED) is 0.564. The van der Waals surface area contributed by atoms with E-state index in [4.69, 9.17) is 9.47 Å². The molecule has 1 N–H and O–H groups in total. The molecule has 6 nitrogen and oxygen atoms in total. The van der Waals surface area contributed by atoms with Gasteiger partial charge in [0.25, 0.3) is 0 Å². The summed E-state index contributed by atoms with van der Waals surface area (Å²) in [7, 11) is 0. The number of nitrogens with one attached hydrogen (secondary N) is 1. The SMILES string of the molecule is CCOC(=O)c1[nH]c(C)c(C(=O)COC(=O)CC(C)c2ccccc2)c1C. The molecule has 1 aromatic heterocycles. The molecule has 0 spiro atoms. The van der Waals surface area contributed by atoms with Crippen molar-refractivity contribution < 1.29 is 23.9 Å². The third-order valence-corrected chi connectivity index (χ3v) is 4.40. The first-order valence-corrected chi connectivity index (χ1v) is 8.95. The summed E-state index contributed by atoms with van der Waals surface area (Å²) in [6, 6.07) is 9.65. The zero-order chi connectivity index (χ0) is 20.0. The molecule has 1 atom stereocenters. The lowest BCUT2D eigenvalue weighted by molar-refractivity contribution is -0.142. The fraction of sp³-hybridized carbons (Fsp3) is 0.381. The van der Waals surface area contributed by atoms with Crippen LogP contribution in [0.25, 0.3) is 0 Å². The van der Waals surface area contributed by atoms with E-state index in [9.17, 15) is 14.4 Å². The number of aromatic amines is 1. The van der Waals surface area contributed by atoms with Crippen LogP contribution in [0.2, 0.25) is 0 Å². The number of esters is 2. The van der Waals surface area contributed by atoms with Crippen molar-refractivity contribution in [3.8, 4) is 0 Å². The minimum atomic E-state index is -0.508. The molecule has 0 saturated carbocycles. The molecule has 0 saturated heterocycles. The van der Waals surface area contributed by atoms with E-state index in [0.29, 0.717) is 16.8 Å². The summed E-state index contributed by atoms with van der Waals surface area (Å²) in [6.45, 7) is 6.90. The molecule has 0 aliphatic rings. The number of ketones is 1. The fourth-order valence-corrected chi connectivity index (χ4v) is 3.00. The fourth-order valence-electron chi connectivity index (χ4n) is 3.00. The number of Topliss-reactive ketones (excluding diaryl/α,β-unsaturated/α-hetero) is 1. The zero-order valence-corrected chi connectivity index (χ0v) is 16.1. The number of aromatic nitrogens is 1. The molecule has 2 rings (SSSR count).